The van der Waals surface area contributed by atoms with Crippen LogP contribution in [0, 0.1) is 11.3 Å². The molecular weight excluding hydrogens is 302 g/mol. The molecule has 1 saturated heterocycles. The summed E-state index contributed by atoms with van der Waals surface area (Å²) < 4.78 is 0. The minimum absolute atomic E-state index is 0.159. The molecule has 2 aromatic rings. The number of benzene rings is 1. The van der Waals surface area contributed by atoms with E-state index in [0.29, 0.717) is 11.3 Å². The van der Waals surface area contributed by atoms with E-state index >= 15 is 0 Å². The molecule has 6 heteroatoms. The van der Waals surface area contributed by atoms with Gasteiger partial charge >= 0.3 is 0 Å². The van der Waals surface area contributed by atoms with Gasteiger partial charge in [0, 0.05) is 38.1 Å². The van der Waals surface area contributed by atoms with Crippen LogP contribution in [-0.2, 0) is 6.54 Å². The normalized spacial score (nSPS) is 15.6. The maximum absolute atomic E-state index is 12.1. The Hall–Kier alpha value is -2.78. The van der Waals surface area contributed by atoms with Crippen molar-refractivity contribution in [2.24, 2.45) is 0 Å². The second-order valence-electron chi connectivity index (χ2n) is 5.92. The molecule has 1 aliphatic heterocycles. The van der Waals surface area contributed by atoms with Crippen molar-refractivity contribution in [3.63, 3.8) is 0 Å². The number of aromatic nitrogens is 2. The molecule has 0 spiro atoms. The van der Waals surface area contributed by atoms with Crippen LogP contribution in [0.1, 0.15) is 34.5 Å². The Bertz CT molecular complexity index is 715. The Balaban J connectivity index is 1.47. The fourth-order valence-corrected chi connectivity index (χ4v) is 2.85. The number of likely N-dealkylation sites (tertiary alicyclic amines) is 1. The second-order valence-corrected chi connectivity index (χ2v) is 5.92. The van der Waals surface area contributed by atoms with Crippen LogP contribution < -0.4 is 5.32 Å². The number of amides is 1. The van der Waals surface area contributed by atoms with Crippen LogP contribution in [0.5, 0.6) is 0 Å². The van der Waals surface area contributed by atoms with E-state index in [9.17, 15) is 4.79 Å². The van der Waals surface area contributed by atoms with Gasteiger partial charge in [-0.1, -0.05) is 12.1 Å². The first-order valence-corrected chi connectivity index (χ1v) is 8.03. The van der Waals surface area contributed by atoms with E-state index in [1.807, 2.05) is 24.3 Å². The SMILES string of the molecule is N#Cc1ccc(CN2CCC(NC(=O)c3cnccn3)CC2)cc1. The van der Waals surface area contributed by atoms with Crippen molar-refractivity contribution in [3.8, 4) is 6.07 Å². The summed E-state index contributed by atoms with van der Waals surface area (Å²) >= 11 is 0. The summed E-state index contributed by atoms with van der Waals surface area (Å²) in [6, 6.07) is 10.0. The average Bonchev–Trinajstić information content (AvgIpc) is 2.65. The molecule has 3 rings (SSSR count). The third-order valence-electron chi connectivity index (χ3n) is 4.21. The Morgan fingerprint density at radius 1 is 1.25 bits per heavy atom. The van der Waals surface area contributed by atoms with Gasteiger partial charge in [-0.3, -0.25) is 14.7 Å². The third kappa shape index (κ3) is 4.15. The summed E-state index contributed by atoms with van der Waals surface area (Å²) in [7, 11) is 0. The lowest BCUT2D eigenvalue weighted by molar-refractivity contribution is 0.0903. The molecule has 24 heavy (non-hydrogen) atoms. The van der Waals surface area contributed by atoms with E-state index in [4.69, 9.17) is 5.26 Å². The zero-order chi connectivity index (χ0) is 16.8. The number of nitrogens with one attached hydrogen (secondary N) is 1. The minimum atomic E-state index is -0.159. The fourth-order valence-electron chi connectivity index (χ4n) is 2.85. The molecule has 1 amide bonds. The summed E-state index contributed by atoms with van der Waals surface area (Å²) in [4.78, 5) is 22.4. The number of nitriles is 1. The summed E-state index contributed by atoms with van der Waals surface area (Å²) in [5.41, 5.74) is 2.25. The number of hydrogen-bond donors (Lipinski definition) is 1. The molecule has 6 nitrogen and oxygen atoms in total. The van der Waals surface area contributed by atoms with Crippen LogP contribution in [0.3, 0.4) is 0 Å². The molecule has 1 aliphatic rings. The van der Waals surface area contributed by atoms with Gasteiger partial charge in [0.2, 0.25) is 0 Å². The van der Waals surface area contributed by atoms with Crippen molar-refractivity contribution in [1.29, 1.82) is 5.26 Å². The lowest BCUT2D eigenvalue weighted by atomic mass is 10.0. The molecule has 122 valence electrons. The minimum Gasteiger partial charge on any atom is -0.348 e. The zero-order valence-electron chi connectivity index (χ0n) is 13.4. The number of carbonyl (C=O) groups is 1. The van der Waals surface area contributed by atoms with Gasteiger partial charge in [0.1, 0.15) is 5.69 Å². The maximum Gasteiger partial charge on any atom is 0.271 e. The highest BCUT2D eigenvalue weighted by molar-refractivity contribution is 5.92. The van der Waals surface area contributed by atoms with Gasteiger partial charge in [0.05, 0.1) is 17.8 Å². The highest BCUT2D eigenvalue weighted by Gasteiger charge is 2.21. The van der Waals surface area contributed by atoms with Crippen LogP contribution >= 0.6 is 0 Å². The van der Waals surface area contributed by atoms with Crippen LogP contribution in [0.15, 0.2) is 42.9 Å². The topological polar surface area (TPSA) is 81.9 Å². The molecule has 0 bridgehead atoms. The molecule has 2 heterocycles. The van der Waals surface area contributed by atoms with Gasteiger partial charge in [-0.2, -0.15) is 5.26 Å². The first-order valence-electron chi connectivity index (χ1n) is 8.03. The Morgan fingerprint density at radius 3 is 2.62 bits per heavy atom. The van der Waals surface area contributed by atoms with Crippen molar-refractivity contribution in [1.82, 2.24) is 20.2 Å². The molecule has 1 aromatic heterocycles. The molecular formula is C18H19N5O. The smallest absolute Gasteiger partial charge is 0.271 e. The van der Waals surface area contributed by atoms with Crippen molar-refractivity contribution in [3.05, 3.63) is 59.7 Å². The Labute approximate surface area is 141 Å². The van der Waals surface area contributed by atoms with Crippen LogP contribution in [0.2, 0.25) is 0 Å². The molecule has 1 aromatic carbocycles. The third-order valence-corrected chi connectivity index (χ3v) is 4.21. The van der Waals surface area contributed by atoms with Gasteiger partial charge in [-0.25, -0.2) is 4.98 Å². The van der Waals surface area contributed by atoms with Crippen molar-refractivity contribution in [2.75, 3.05) is 13.1 Å². The van der Waals surface area contributed by atoms with Crippen molar-refractivity contribution >= 4 is 5.91 Å². The number of carbonyl (C=O) groups excluding carboxylic acids is 1. The van der Waals surface area contributed by atoms with Gasteiger partial charge in [-0.15, -0.1) is 0 Å². The quantitative estimate of drug-likeness (QED) is 0.927. The zero-order valence-corrected chi connectivity index (χ0v) is 13.4. The highest BCUT2D eigenvalue weighted by atomic mass is 16.1. The van der Waals surface area contributed by atoms with E-state index in [1.165, 1.54) is 18.0 Å². The first-order chi connectivity index (χ1) is 11.7. The molecule has 0 atom stereocenters. The van der Waals surface area contributed by atoms with Gasteiger partial charge in [0.25, 0.3) is 5.91 Å². The van der Waals surface area contributed by atoms with Gasteiger partial charge in [-0.05, 0) is 30.5 Å². The fraction of sp³-hybridized carbons (Fsp3) is 0.333. The lowest BCUT2D eigenvalue weighted by Crippen LogP contribution is -2.44. The molecule has 1 fully saturated rings. The summed E-state index contributed by atoms with van der Waals surface area (Å²) in [6.45, 7) is 2.74. The second kappa shape index (κ2) is 7.66. The van der Waals surface area contributed by atoms with E-state index in [2.05, 4.69) is 26.3 Å². The number of hydrogen-bond acceptors (Lipinski definition) is 5. The van der Waals surface area contributed by atoms with Gasteiger partial charge in [0.15, 0.2) is 0 Å². The number of rotatable bonds is 4. The van der Waals surface area contributed by atoms with Gasteiger partial charge < -0.3 is 5.32 Å². The van der Waals surface area contributed by atoms with E-state index in [1.54, 1.807) is 6.20 Å². The molecule has 0 aliphatic carbocycles. The first kappa shape index (κ1) is 16.1. The number of piperidine rings is 1. The van der Waals surface area contributed by atoms with Crippen molar-refractivity contribution in [2.45, 2.75) is 25.4 Å². The summed E-state index contributed by atoms with van der Waals surface area (Å²) in [5.74, 6) is -0.159. The molecule has 1 N–H and O–H groups in total. The van der Waals surface area contributed by atoms with Crippen molar-refractivity contribution < 1.29 is 4.79 Å². The highest BCUT2D eigenvalue weighted by Crippen LogP contribution is 2.14. The molecule has 0 saturated carbocycles. The maximum atomic E-state index is 12.1. The predicted octanol–water partition coefficient (Wildman–Crippen LogP) is 1.74. The number of nitrogens with zero attached hydrogens (tertiary/aromatic N) is 4. The van der Waals surface area contributed by atoms with E-state index in [-0.39, 0.29) is 11.9 Å². The predicted molar refractivity (Wildman–Crippen MR) is 89.0 cm³/mol. The average molecular weight is 321 g/mol. The van der Waals surface area contributed by atoms with E-state index < -0.39 is 0 Å². The summed E-state index contributed by atoms with van der Waals surface area (Å²) in [6.07, 6.45) is 6.40. The van der Waals surface area contributed by atoms with E-state index in [0.717, 1.165) is 32.5 Å². The standard InChI is InChI=1S/C18H19N5O/c19-11-14-1-3-15(4-2-14)13-23-9-5-16(6-10-23)22-18(24)17-12-20-7-8-21-17/h1-4,7-8,12,16H,5-6,9-10,13H2,(H,22,24). The monoisotopic (exact) mass is 321 g/mol. The Kier molecular flexibility index (Phi) is 5.14. The van der Waals surface area contributed by atoms with Crippen LogP contribution in [-0.4, -0.2) is 39.9 Å². The van der Waals surface area contributed by atoms with Crippen LogP contribution in [0.4, 0.5) is 0 Å². The lowest BCUT2D eigenvalue weighted by Gasteiger charge is -2.32. The largest absolute Gasteiger partial charge is 0.348 e. The molecule has 0 unspecified atom stereocenters. The summed E-state index contributed by atoms with van der Waals surface area (Å²) in [5, 5.41) is 11.9. The molecule has 0 radical (unpaired) electrons. The van der Waals surface area contributed by atoms with Crippen LogP contribution in [0.25, 0.3) is 0 Å². The Morgan fingerprint density at radius 2 is 2.00 bits per heavy atom.